The van der Waals surface area contributed by atoms with Crippen molar-refractivity contribution in [2.75, 3.05) is 7.05 Å². The van der Waals surface area contributed by atoms with E-state index in [0.717, 1.165) is 23.1 Å². The molecule has 2 aromatic rings. The molecule has 0 aliphatic heterocycles. The predicted octanol–water partition coefficient (Wildman–Crippen LogP) is 4.16. The first-order valence-corrected chi connectivity index (χ1v) is 8.40. The van der Waals surface area contributed by atoms with Gasteiger partial charge in [-0.3, -0.25) is 4.79 Å². The molecule has 2 aromatic carbocycles. The molecule has 0 aliphatic carbocycles. The Morgan fingerprint density at radius 3 is 2.32 bits per heavy atom. The largest absolute Gasteiger partial charge is 0.506 e. The first-order chi connectivity index (χ1) is 13.2. The van der Waals surface area contributed by atoms with Crippen LogP contribution in [0.2, 0.25) is 10.0 Å². The zero-order chi connectivity index (χ0) is 21.0. The Bertz CT molecular complexity index is 1050. The number of nitriles is 2. The molecule has 2 N–H and O–H groups in total. The van der Waals surface area contributed by atoms with Crippen molar-refractivity contribution in [3.8, 4) is 17.9 Å². The average molecular weight is 420 g/mol. The van der Waals surface area contributed by atoms with Gasteiger partial charge in [0.25, 0.3) is 5.91 Å². The number of rotatable bonds is 4. The third kappa shape index (κ3) is 4.34. The minimum atomic E-state index is -0.871. The third-order valence-electron chi connectivity index (χ3n) is 3.79. The summed E-state index contributed by atoms with van der Waals surface area (Å²) in [4.78, 5) is 13.6. The van der Waals surface area contributed by atoms with Crippen molar-refractivity contribution in [3.05, 3.63) is 68.5 Å². The number of amides is 1. The van der Waals surface area contributed by atoms with Crippen molar-refractivity contribution in [2.24, 2.45) is 0 Å². The molecule has 28 heavy (non-hydrogen) atoms. The van der Waals surface area contributed by atoms with Crippen LogP contribution in [0.5, 0.6) is 5.75 Å². The van der Waals surface area contributed by atoms with Gasteiger partial charge in [0.05, 0.1) is 21.7 Å². The van der Waals surface area contributed by atoms with Gasteiger partial charge in [-0.2, -0.15) is 10.5 Å². The van der Waals surface area contributed by atoms with E-state index in [1.54, 1.807) is 12.1 Å². The third-order valence-corrected chi connectivity index (χ3v) is 4.37. The van der Waals surface area contributed by atoms with Gasteiger partial charge in [0.2, 0.25) is 0 Å². The van der Waals surface area contributed by atoms with Crippen LogP contribution < -0.4 is 0 Å². The second-order valence-corrected chi connectivity index (χ2v) is 6.52. The first-order valence-electron chi connectivity index (χ1n) is 7.65. The molecule has 0 saturated heterocycles. The Labute approximate surface area is 169 Å². The van der Waals surface area contributed by atoms with E-state index in [1.165, 1.54) is 19.2 Å². The number of aromatic hydroxyl groups is 1. The number of hydrogen-bond acceptors (Lipinski definition) is 5. The highest BCUT2D eigenvalue weighted by Crippen LogP contribution is 2.35. The van der Waals surface area contributed by atoms with Crippen LogP contribution in [-0.4, -0.2) is 28.1 Å². The molecule has 9 heteroatoms. The van der Waals surface area contributed by atoms with Crippen molar-refractivity contribution in [1.29, 1.82) is 10.5 Å². The lowest BCUT2D eigenvalue weighted by Crippen LogP contribution is -2.28. The van der Waals surface area contributed by atoms with Crippen LogP contribution in [0.1, 0.15) is 16.7 Å². The normalized spacial score (nSPS) is 11.2. The van der Waals surface area contributed by atoms with Crippen LogP contribution in [0.15, 0.2) is 35.9 Å². The number of phenols is 1. The summed E-state index contributed by atoms with van der Waals surface area (Å²) in [5, 5.41) is 37.6. The predicted molar refractivity (Wildman–Crippen MR) is 101 cm³/mol. The summed E-state index contributed by atoms with van der Waals surface area (Å²) in [5.74, 6) is -2.65. The summed E-state index contributed by atoms with van der Waals surface area (Å²) >= 11 is 11.6. The molecule has 0 unspecified atom stereocenters. The van der Waals surface area contributed by atoms with Crippen LogP contribution in [0.3, 0.4) is 0 Å². The van der Waals surface area contributed by atoms with E-state index in [0.29, 0.717) is 0 Å². The number of nitrogens with zero attached hydrogens (tertiary/aromatic N) is 3. The molecule has 0 spiro atoms. The van der Waals surface area contributed by atoms with Crippen LogP contribution >= 0.6 is 23.2 Å². The quantitative estimate of drug-likeness (QED) is 0.439. The van der Waals surface area contributed by atoms with Gasteiger partial charge in [0, 0.05) is 24.7 Å². The van der Waals surface area contributed by atoms with Gasteiger partial charge >= 0.3 is 0 Å². The fourth-order valence-electron chi connectivity index (χ4n) is 2.31. The van der Waals surface area contributed by atoms with E-state index in [9.17, 15) is 24.7 Å². The minimum absolute atomic E-state index is 0.0457. The molecule has 0 heterocycles. The zero-order valence-electron chi connectivity index (χ0n) is 14.4. The van der Waals surface area contributed by atoms with E-state index >= 15 is 0 Å². The lowest BCUT2D eigenvalue weighted by Gasteiger charge is -2.18. The Morgan fingerprint density at radius 1 is 1.21 bits per heavy atom. The van der Waals surface area contributed by atoms with Crippen molar-refractivity contribution in [1.82, 2.24) is 4.90 Å². The smallest absolute Gasteiger partial charge is 0.268 e. The number of halogens is 3. The summed E-state index contributed by atoms with van der Waals surface area (Å²) < 4.78 is 14.0. The van der Waals surface area contributed by atoms with Crippen molar-refractivity contribution in [3.63, 3.8) is 0 Å². The van der Waals surface area contributed by atoms with Crippen LogP contribution in [0.4, 0.5) is 4.39 Å². The maximum Gasteiger partial charge on any atom is 0.268 e. The number of aliphatic hydroxyl groups excluding tert-OH is 1. The first kappa shape index (κ1) is 21.0. The Balaban J connectivity index is 2.35. The molecule has 0 atom stereocenters. The van der Waals surface area contributed by atoms with Gasteiger partial charge in [-0.05, 0) is 24.3 Å². The summed E-state index contributed by atoms with van der Waals surface area (Å²) in [6, 6.07) is 9.48. The van der Waals surface area contributed by atoms with Crippen LogP contribution in [-0.2, 0) is 11.3 Å². The number of aliphatic hydroxyl groups is 1. The zero-order valence-corrected chi connectivity index (χ0v) is 15.9. The van der Waals surface area contributed by atoms with E-state index in [2.05, 4.69) is 0 Å². The molecular weight excluding hydrogens is 408 g/mol. The van der Waals surface area contributed by atoms with Gasteiger partial charge in [0.15, 0.2) is 11.3 Å². The highest BCUT2D eigenvalue weighted by atomic mass is 35.5. The molecule has 0 aliphatic rings. The average Bonchev–Trinajstić information content (AvgIpc) is 2.67. The number of phenolic OH excluding ortho intramolecular Hbond substituents is 1. The van der Waals surface area contributed by atoms with Crippen molar-refractivity contribution in [2.45, 2.75) is 6.54 Å². The van der Waals surface area contributed by atoms with Gasteiger partial charge in [-0.15, -0.1) is 0 Å². The van der Waals surface area contributed by atoms with Crippen LogP contribution in [0.25, 0.3) is 5.76 Å². The fraction of sp³-hybridized carbons (Fsp3) is 0.105. The van der Waals surface area contributed by atoms with E-state index < -0.39 is 28.8 Å². The summed E-state index contributed by atoms with van der Waals surface area (Å²) in [6.07, 6.45) is 0. The van der Waals surface area contributed by atoms with Gasteiger partial charge in [-0.1, -0.05) is 29.3 Å². The number of carbonyl (C=O) groups excluding carboxylic acids is 1. The van der Waals surface area contributed by atoms with Crippen LogP contribution in [0, 0.1) is 28.5 Å². The molecule has 142 valence electrons. The standard InChI is InChI=1S/C19H12Cl2FN3O3/c1-25(9-11-3-2-10(7-23)4-16(11)22)19(28)13(8-24)17(26)12-5-14(20)18(27)15(21)6-12/h2-6,26-27H,9H2,1H3/b17-13-. The fourth-order valence-corrected chi connectivity index (χ4v) is 2.80. The molecule has 0 aromatic heterocycles. The number of likely N-dealkylation sites (N-methyl/N-ethyl adjacent to an activating group) is 1. The molecule has 0 radical (unpaired) electrons. The lowest BCUT2D eigenvalue weighted by molar-refractivity contribution is -0.126. The highest BCUT2D eigenvalue weighted by molar-refractivity contribution is 6.37. The molecule has 0 bridgehead atoms. The van der Waals surface area contributed by atoms with E-state index in [-0.39, 0.29) is 33.3 Å². The highest BCUT2D eigenvalue weighted by Gasteiger charge is 2.22. The SMILES string of the molecule is CN(Cc1ccc(C#N)cc1F)C(=O)/C(C#N)=C(\O)c1cc(Cl)c(O)c(Cl)c1. The van der Waals surface area contributed by atoms with Gasteiger partial charge < -0.3 is 15.1 Å². The van der Waals surface area contributed by atoms with Gasteiger partial charge in [-0.25, -0.2) is 4.39 Å². The maximum absolute atomic E-state index is 14.0. The minimum Gasteiger partial charge on any atom is -0.506 e. The Kier molecular flexibility index (Phi) is 6.48. The summed E-state index contributed by atoms with van der Waals surface area (Å²) in [5.41, 5.74) is -0.404. The van der Waals surface area contributed by atoms with Crippen molar-refractivity contribution >= 4 is 34.9 Å². The van der Waals surface area contributed by atoms with Gasteiger partial charge in [0.1, 0.15) is 17.6 Å². The summed E-state index contributed by atoms with van der Waals surface area (Å²) in [7, 11) is 1.32. The van der Waals surface area contributed by atoms with E-state index in [4.69, 9.17) is 28.5 Å². The molecule has 0 fully saturated rings. The maximum atomic E-state index is 14.0. The summed E-state index contributed by atoms with van der Waals surface area (Å²) in [6.45, 7) is -0.202. The molecule has 6 nitrogen and oxygen atoms in total. The van der Waals surface area contributed by atoms with Crippen molar-refractivity contribution < 1.29 is 19.4 Å². The topological polar surface area (TPSA) is 108 Å². The second kappa shape index (κ2) is 8.62. The second-order valence-electron chi connectivity index (χ2n) is 5.70. The molecule has 0 saturated carbocycles. The molecular formula is C19H12Cl2FN3O3. The monoisotopic (exact) mass is 419 g/mol. The Hall–Kier alpha value is -3.26. The number of carbonyl (C=O) groups is 1. The number of hydrogen-bond donors (Lipinski definition) is 2. The lowest BCUT2D eigenvalue weighted by atomic mass is 10.1. The van der Waals surface area contributed by atoms with E-state index in [1.807, 2.05) is 0 Å². The number of benzene rings is 2. The Morgan fingerprint density at radius 2 is 1.82 bits per heavy atom. The molecule has 1 amide bonds. The molecule has 2 rings (SSSR count).